The maximum absolute atomic E-state index is 5.25. The van der Waals surface area contributed by atoms with Gasteiger partial charge in [-0.3, -0.25) is 0 Å². The molecule has 0 atom stereocenters. The van der Waals surface area contributed by atoms with Crippen LogP contribution in [0.2, 0.25) is 0 Å². The first-order chi connectivity index (χ1) is 32.7. The fraction of sp³-hybridized carbons (Fsp3) is 0. The van der Waals surface area contributed by atoms with Gasteiger partial charge in [-0.1, -0.05) is 158 Å². The van der Waals surface area contributed by atoms with E-state index in [4.69, 9.17) is 19.9 Å². The van der Waals surface area contributed by atoms with Gasteiger partial charge in [0.2, 0.25) is 0 Å². The molecule has 0 amide bonds. The molecule has 0 bridgehead atoms. The van der Waals surface area contributed by atoms with Crippen LogP contribution in [0.1, 0.15) is 0 Å². The molecule has 1 aliphatic rings. The molecule has 0 saturated carbocycles. The van der Waals surface area contributed by atoms with Crippen molar-refractivity contribution in [1.29, 1.82) is 0 Å². The maximum Gasteiger partial charge on any atom is 0.160 e. The van der Waals surface area contributed by atoms with Crippen molar-refractivity contribution in [1.82, 2.24) is 19.9 Å². The Balaban J connectivity index is 1.00. The number of anilines is 6. The minimum absolute atomic E-state index is 0.637. The second kappa shape index (κ2) is 16.6. The Morgan fingerprint density at radius 2 is 0.773 bits per heavy atom. The van der Waals surface area contributed by atoms with E-state index in [-0.39, 0.29) is 0 Å². The summed E-state index contributed by atoms with van der Waals surface area (Å²) in [6.07, 6.45) is 1.96. The van der Waals surface area contributed by atoms with Crippen LogP contribution in [0.3, 0.4) is 0 Å². The van der Waals surface area contributed by atoms with Gasteiger partial charge in [-0.15, -0.1) is 0 Å². The monoisotopic (exact) mass is 844 g/mol. The van der Waals surface area contributed by atoms with Crippen LogP contribution >= 0.6 is 0 Å². The zero-order valence-corrected chi connectivity index (χ0v) is 35.8. The second-order valence-electron chi connectivity index (χ2n) is 16.3. The third kappa shape index (κ3) is 7.13. The van der Waals surface area contributed by atoms with Crippen LogP contribution in [-0.2, 0) is 0 Å². The summed E-state index contributed by atoms with van der Waals surface area (Å²) in [5.41, 5.74) is 17.2. The first-order valence-corrected chi connectivity index (χ1v) is 22.1. The molecule has 3 heterocycles. The van der Waals surface area contributed by atoms with Crippen molar-refractivity contribution in [3.8, 4) is 67.5 Å². The lowest BCUT2D eigenvalue weighted by molar-refractivity contribution is 1.17. The molecule has 6 nitrogen and oxygen atoms in total. The van der Waals surface area contributed by atoms with E-state index < -0.39 is 0 Å². The van der Waals surface area contributed by atoms with Gasteiger partial charge in [-0.2, -0.15) is 0 Å². The largest absolute Gasteiger partial charge is 0.306 e. The first-order valence-electron chi connectivity index (χ1n) is 22.1. The van der Waals surface area contributed by atoms with Gasteiger partial charge < -0.3 is 9.80 Å². The van der Waals surface area contributed by atoms with E-state index >= 15 is 0 Å². The van der Waals surface area contributed by atoms with E-state index in [2.05, 4.69) is 204 Å². The topological polar surface area (TPSA) is 58.0 Å². The highest BCUT2D eigenvalue weighted by Gasteiger charge is 2.30. The summed E-state index contributed by atoms with van der Waals surface area (Å²) >= 11 is 0. The molecule has 6 heteroatoms. The van der Waals surface area contributed by atoms with Crippen LogP contribution in [-0.4, -0.2) is 19.9 Å². The number of fused-ring (bicyclic) bond motifs is 3. The quantitative estimate of drug-likeness (QED) is 0.152. The fourth-order valence-corrected chi connectivity index (χ4v) is 9.08. The predicted molar refractivity (Wildman–Crippen MR) is 271 cm³/mol. The third-order valence-electron chi connectivity index (χ3n) is 12.2. The number of benzene rings is 9. The minimum atomic E-state index is 0.637. The smallest absolute Gasteiger partial charge is 0.160 e. The Bertz CT molecular complexity index is 3420. The van der Waals surface area contributed by atoms with Gasteiger partial charge in [0, 0.05) is 45.2 Å². The Morgan fingerprint density at radius 3 is 1.38 bits per heavy atom. The highest BCUT2D eigenvalue weighted by Crippen LogP contribution is 2.54. The molecule has 0 radical (unpaired) electrons. The van der Waals surface area contributed by atoms with Gasteiger partial charge in [0.15, 0.2) is 11.6 Å². The number of hydrogen-bond donors (Lipinski definition) is 0. The van der Waals surface area contributed by atoms with Gasteiger partial charge >= 0.3 is 0 Å². The van der Waals surface area contributed by atoms with Gasteiger partial charge in [-0.25, -0.2) is 19.9 Å². The molecule has 2 aromatic heterocycles. The predicted octanol–water partition coefficient (Wildman–Crippen LogP) is 15.7. The van der Waals surface area contributed by atoms with Crippen molar-refractivity contribution in [2.24, 2.45) is 0 Å². The molecular weight excluding hydrogens is 805 g/mol. The molecule has 11 aromatic rings. The standard InChI is InChI=1S/C60H40N6/c1-5-18-42(19-6-1)50-26-17-27-52-51(50)40-61-59(62-52)47-37-45(36-46(38-47)54-39-53(43-20-7-2-8-21-43)63-60(64-54)44-22-9-3-10-23-44)41-32-34-49(35-33-41)66-57-30-15-13-28-55(57)65(48-24-11-4-12-25-48)56-29-14-16-31-58(56)66/h1-40H. The van der Waals surface area contributed by atoms with Crippen LogP contribution in [0.4, 0.5) is 34.1 Å². The van der Waals surface area contributed by atoms with Crippen molar-refractivity contribution in [3.05, 3.63) is 243 Å². The van der Waals surface area contributed by atoms with Crippen molar-refractivity contribution in [3.63, 3.8) is 0 Å². The zero-order chi connectivity index (χ0) is 43.8. The fourth-order valence-electron chi connectivity index (χ4n) is 9.08. The molecule has 0 saturated heterocycles. The van der Waals surface area contributed by atoms with E-state index in [0.29, 0.717) is 11.6 Å². The maximum atomic E-state index is 5.25. The molecule has 310 valence electrons. The Morgan fingerprint density at radius 1 is 0.288 bits per heavy atom. The van der Waals surface area contributed by atoms with Gasteiger partial charge in [0.1, 0.15) is 0 Å². The highest BCUT2D eigenvalue weighted by atomic mass is 15.3. The molecule has 0 aliphatic carbocycles. The summed E-state index contributed by atoms with van der Waals surface area (Å²) in [6, 6.07) is 82.5. The summed E-state index contributed by atoms with van der Waals surface area (Å²) in [5.74, 6) is 1.30. The van der Waals surface area contributed by atoms with Crippen molar-refractivity contribution in [2.75, 3.05) is 9.80 Å². The lowest BCUT2D eigenvalue weighted by Gasteiger charge is -2.40. The van der Waals surface area contributed by atoms with E-state index in [1.54, 1.807) is 0 Å². The lowest BCUT2D eigenvalue weighted by Crippen LogP contribution is -2.23. The average molecular weight is 845 g/mol. The summed E-state index contributed by atoms with van der Waals surface area (Å²) < 4.78 is 0. The first kappa shape index (κ1) is 38.7. The number of para-hydroxylation sites is 5. The van der Waals surface area contributed by atoms with Crippen molar-refractivity contribution in [2.45, 2.75) is 0 Å². The van der Waals surface area contributed by atoms with E-state index in [1.165, 1.54) is 0 Å². The summed E-state index contributed by atoms with van der Waals surface area (Å²) in [6.45, 7) is 0. The number of aromatic nitrogens is 4. The molecule has 1 aliphatic heterocycles. The average Bonchev–Trinajstić information content (AvgIpc) is 3.40. The molecule has 0 spiro atoms. The molecule has 0 unspecified atom stereocenters. The zero-order valence-electron chi connectivity index (χ0n) is 35.8. The van der Waals surface area contributed by atoms with Gasteiger partial charge in [0.05, 0.1) is 39.7 Å². The summed E-state index contributed by atoms with van der Waals surface area (Å²) in [5, 5.41) is 1.00. The lowest BCUT2D eigenvalue weighted by atomic mass is 9.96. The summed E-state index contributed by atoms with van der Waals surface area (Å²) in [4.78, 5) is 25.3. The number of nitrogens with zero attached hydrogens (tertiary/aromatic N) is 6. The van der Waals surface area contributed by atoms with Crippen molar-refractivity contribution >= 4 is 45.0 Å². The van der Waals surface area contributed by atoms with E-state index in [9.17, 15) is 0 Å². The summed E-state index contributed by atoms with van der Waals surface area (Å²) in [7, 11) is 0. The second-order valence-corrected chi connectivity index (χ2v) is 16.3. The molecule has 0 fully saturated rings. The normalized spacial score (nSPS) is 11.9. The molecule has 9 aromatic carbocycles. The highest BCUT2D eigenvalue weighted by molar-refractivity contribution is 6.01. The third-order valence-corrected chi connectivity index (χ3v) is 12.2. The SMILES string of the molecule is c1ccc(-c2cc(-c3cc(-c4ccc(N5c6ccccc6N(c6ccccc6)c6ccccc65)cc4)cc(-c4ncc5c(-c6ccccc6)cccc5n4)c3)nc(-c3ccccc3)n2)cc1. The molecular formula is C60H40N6. The van der Waals surface area contributed by atoms with Crippen molar-refractivity contribution < 1.29 is 0 Å². The van der Waals surface area contributed by atoms with Gasteiger partial charge in [-0.05, 0) is 101 Å². The van der Waals surface area contributed by atoms with Crippen LogP contribution in [0, 0.1) is 0 Å². The van der Waals surface area contributed by atoms with Crippen LogP contribution in [0.25, 0.3) is 78.4 Å². The van der Waals surface area contributed by atoms with E-state index in [0.717, 1.165) is 101 Å². The van der Waals surface area contributed by atoms with Gasteiger partial charge in [0.25, 0.3) is 0 Å². The van der Waals surface area contributed by atoms with Crippen LogP contribution < -0.4 is 9.80 Å². The van der Waals surface area contributed by atoms with E-state index in [1.807, 2.05) is 48.7 Å². The number of hydrogen-bond acceptors (Lipinski definition) is 6. The Hall–Kier alpha value is -9.00. The number of rotatable bonds is 8. The van der Waals surface area contributed by atoms with Crippen LogP contribution in [0.5, 0.6) is 0 Å². The molecule has 12 rings (SSSR count). The molecule has 0 N–H and O–H groups in total. The minimum Gasteiger partial charge on any atom is -0.306 e. The Kier molecular flexibility index (Phi) is 9.73. The molecule has 66 heavy (non-hydrogen) atoms. The van der Waals surface area contributed by atoms with Crippen LogP contribution in [0.15, 0.2) is 243 Å². The Labute approximate surface area is 383 Å².